The summed E-state index contributed by atoms with van der Waals surface area (Å²) >= 11 is 3.42. The Balaban J connectivity index is 2.07. The molecule has 0 radical (unpaired) electrons. The van der Waals surface area contributed by atoms with Crippen molar-refractivity contribution in [2.75, 3.05) is 6.61 Å². The number of nitrogens with two attached hydrogens (primary N) is 1. The van der Waals surface area contributed by atoms with E-state index in [-0.39, 0.29) is 0 Å². The minimum absolute atomic E-state index is 0.448. The third kappa shape index (κ3) is 4.76. The lowest BCUT2D eigenvalue weighted by molar-refractivity contribution is 0.292. The van der Waals surface area contributed by atoms with Crippen LogP contribution in [0, 0.1) is 0 Å². The van der Waals surface area contributed by atoms with Crippen LogP contribution in [-0.4, -0.2) is 6.61 Å². The lowest BCUT2D eigenvalue weighted by Crippen LogP contribution is -2.04. The Labute approximate surface area is 134 Å². The predicted octanol–water partition coefficient (Wildman–Crippen LogP) is 4.28. The van der Waals surface area contributed by atoms with Crippen LogP contribution in [0.4, 0.5) is 0 Å². The van der Waals surface area contributed by atoms with Crippen LogP contribution in [0.25, 0.3) is 0 Å². The first-order valence-electron chi connectivity index (χ1n) is 7.06. The van der Waals surface area contributed by atoms with Gasteiger partial charge in [-0.15, -0.1) is 0 Å². The van der Waals surface area contributed by atoms with Crippen molar-refractivity contribution in [1.29, 1.82) is 0 Å². The maximum Gasteiger partial charge on any atom is 0.127 e. The molecule has 0 saturated carbocycles. The molecule has 3 nitrogen and oxygen atoms in total. The fraction of sp³-hybridized carbons (Fsp3) is 0.294. The summed E-state index contributed by atoms with van der Waals surface area (Å²) in [6.07, 6.45) is 0.980. The molecule has 112 valence electrons. The maximum absolute atomic E-state index is 5.90. The van der Waals surface area contributed by atoms with Crippen LogP contribution in [0.5, 0.6) is 11.5 Å². The van der Waals surface area contributed by atoms with Gasteiger partial charge < -0.3 is 15.2 Å². The molecule has 21 heavy (non-hydrogen) atoms. The van der Waals surface area contributed by atoms with Gasteiger partial charge in [0.2, 0.25) is 0 Å². The Morgan fingerprint density at radius 2 is 1.81 bits per heavy atom. The van der Waals surface area contributed by atoms with Crippen molar-refractivity contribution in [1.82, 2.24) is 0 Å². The molecule has 0 atom stereocenters. The van der Waals surface area contributed by atoms with Gasteiger partial charge in [0.15, 0.2) is 0 Å². The Kier molecular flexibility index (Phi) is 6.08. The smallest absolute Gasteiger partial charge is 0.127 e. The summed E-state index contributed by atoms with van der Waals surface area (Å²) in [6.45, 7) is 3.74. The summed E-state index contributed by atoms with van der Waals surface area (Å²) in [7, 11) is 0. The summed E-state index contributed by atoms with van der Waals surface area (Å²) in [6, 6.07) is 13.9. The highest BCUT2D eigenvalue weighted by Crippen LogP contribution is 2.26. The summed E-state index contributed by atoms with van der Waals surface area (Å²) in [5, 5.41) is 0. The highest BCUT2D eigenvalue weighted by atomic mass is 79.9. The molecule has 4 heteroatoms. The van der Waals surface area contributed by atoms with Crippen LogP contribution in [0.15, 0.2) is 46.9 Å². The molecular weight excluding hydrogens is 330 g/mol. The second-order valence-electron chi connectivity index (χ2n) is 4.74. The molecule has 0 aromatic heterocycles. The molecule has 2 aromatic rings. The molecule has 0 fully saturated rings. The fourth-order valence-corrected chi connectivity index (χ4v) is 2.15. The van der Waals surface area contributed by atoms with E-state index in [2.05, 4.69) is 22.9 Å². The monoisotopic (exact) mass is 349 g/mol. The standard InChI is InChI=1S/C17H20BrNO2/c1-2-9-20-16-8-5-14(11-19)17(10-16)21-12-13-3-6-15(18)7-4-13/h3-8,10H,2,9,11-12,19H2,1H3. The van der Waals surface area contributed by atoms with Crippen molar-refractivity contribution in [3.63, 3.8) is 0 Å². The van der Waals surface area contributed by atoms with Gasteiger partial charge in [0.05, 0.1) is 6.61 Å². The minimum Gasteiger partial charge on any atom is -0.493 e. The van der Waals surface area contributed by atoms with Crippen molar-refractivity contribution >= 4 is 15.9 Å². The molecule has 0 amide bonds. The van der Waals surface area contributed by atoms with Crippen LogP contribution in [0.2, 0.25) is 0 Å². The lowest BCUT2D eigenvalue weighted by atomic mass is 10.2. The molecule has 0 aliphatic rings. The Hall–Kier alpha value is -1.52. The number of benzene rings is 2. The molecule has 2 aromatic carbocycles. The second-order valence-corrected chi connectivity index (χ2v) is 5.65. The van der Waals surface area contributed by atoms with Crippen LogP contribution in [-0.2, 0) is 13.2 Å². The SMILES string of the molecule is CCCOc1ccc(CN)c(OCc2ccc(Br)cc2)c1. The molecule has 0 spiro atoms. The van der Waals surface area contributed by atoms with Gasteiger partial charge in [-0.1, -0.05) is 41.1 Å². The second kappa shape index (κ2) is 8.05. The normalized spacial score (nSPS) is 10.4. The number of hydrogen-bond donors (Lipinski definition) is 1. The number of halogens is 1. The first kappa shape index (κ1) is 15.9. The van der Waals surface area contributed by atoms with E-state index in [1.807, 2.05) is 42.5 Å². The van der Waals surface area contributed by atoms with Crippen LogP contribution >= 0.6 is 15.9 Å². The lowest BCUT2D eigenvalue weighted by Gasteiger charge is -2.13. The molecule has 0 bridgehead atoms. The van der Waals surface area contributed by atoms with E-state index in [1.54, 1.807) is 0 Å². The number of rotatable bonds is 7. The zero-order valence-corrected chi connectivity index (χ0v) is 13.7. The predicted molar refractivity (Wildman–Crippen MR) is 88.6 cm³/mol. The van der Waals surface area contributed by atoms with E-state index in [0.29, 0.717) is 19.8 Å². The van der Waals surface area contributed by atoms with Crippen molar-refractivity contribution in [3.05, 3.63) is 58.1 Å². The Morgan fingerprint density at radius 1 is 1.05 bits per heavy atom. The first-order chi connectivity index (χ1) is 10.2. The van der Waals surface area contributed by atoms with E-state index in [9.17, 15) is 0 Å². The summed E-state index contributed by atoms with van der Waals surface area (Å²) < 4.78 is 12.6. The highest BCUT2D eigenvalue weighted by Gasteiger charge is 2.05. The van der Waals surface area contributed by atoms with E-state index >= 15 is 0 Å². The molecular formula is C17H20BrNO2. The van der Waals surface area contributed by atoms with E-state index in [4.69, 9.17) is 15.2 Å². The van der Waals surface area contributed by atoms with Gasteiger partial charge in [0.25, 0.3) is 0 Å². The molecule has 2 rings (SSSR count). The Morgan fingerprint density at radius 3 is 2.48 bits per heavy atom. The largest absolute Gasteiger partial charge is 0.493 e. The average molecular weight is 350 g/mol. The fourth-order valence-electron chi connectivity index (χ4n) is 1.89. The third-order valence-electron chi connectivity index (χ3n) is 3.04. The van der Waals surface area contributed by atoms with E-state index in [0.717, 1.165) is 33.5 Å². The average Bonchev–Trinajstić information content (AvgIpc) is 2.52. The van der Waals surface area contributed by atoms with Crippen molar-refractivity contribution in [2.45, 2.75) is 26.5 Å². The quantitative estimate of drug-likeness (QED) is 0.811. The molecule has 0 aliphatic heterocycles. The van der Waals surface area contributed by atoms with Crippen LogP contribution in [0.3, 0.4) is 0 Å². The zero-order chi connectivity index (χ0) is 15.1. The minimum atomic E-state index is 0.448. The molecule has 0 unspecified atom stereocenters. The summed E-state index contributed by atoms with van der Waals surface area (Å²) in [5.41, 5.74) is 7.86. The van der Waals surface area contributed by atoms with Crippen molar-refractivity contribution in [3.8, 4) is 11.5 Å². The maximum atomic E-state index is 5.90. The molecule has 0 saturated heterocycles. The van der Waals surface area contributed by atoms with Crippen LogP contribution in [0.1, 0.15) is 24.5 Å². The first-order valence-corrected chi connectivity index (χ1v) is 7.85. The van der Waals surface area contributed by atoms with Gasteiger partial charge in [0, 0.05) is 22.6 Å². The number of hydrogen-bond acceptors (Lipinski definition) is 3. The van der Waals surface area contributed by atoms with Crippen LogP contribution < -0.4 is 15.2 Å². The van der Waals surface area contributed by atoms with Crippen molar-refractivity contribution in [2.24, 2.45) is 5.73 Å². The van der Waals surface area contributed by atoms with Gasteiger partial charge in [0.1, 0.15) is 18.1 Å². The van der Waals surface area contributed by atoms with Gasteiger partial charge >= 0.3 is 0 Å². The van der Waals surface area contributed by atoms with E-state index in [1.165, 1.54) is 0 Å². The van der Waals surface area contributed by atoms with Gasteiger partial charge in [-0.25, -0.2) is 0 Å². The molecule has 0 heterocycles. The van der Waals surface area contributed by atoms with E-state index < -0.39 is 0 Å². The number of ether oxygens (including phenoxy) is 2. The van der Waals surface area contributed by atoms with Crippen molar-refractivity contribution < 1.29 is 9.47 Å². The summed E-state index contributed by atoms with van der Waals surface area (Å²) in [4.78, 5) is 0. The van der Waals surface area contributed by atoms with Gasteiger partial charge in [-0.05, 0) is 30.2 Å². The molecule has 0 aliphatic carbocycles. The van der Waals surface area contributed by atoms with Gasteiger partial charge in [-0.3, -0.25) is 0 Å². The highest BCUT2D eigenvalue weighted by molar-refractivity contribution is 9.10. The Bertz CT molecular complexity index is 570. The topological polar surface area (TPSA) is 44.5 Å². The molecule has 2 N–H and O–H groups in total. The summed E-state index contributed by atoms with van der Waals surface area (Å²) in [5.74, 6) is 1.61. The van der Waals surface area contributed by atoms with Gasteiger partial charge in [-0.2, -0.15) is 0 Å². The third-order valence-corrected chi connectivity index (χ3v) is 3.57. The zero-order valence-electron chi connectivity index (χ0n) is 12.1.